The van der Waals surface area contributed by atoms with Crippen LogP contribution < -0.4 is 10.1 Å². The molecule has 2 aromatic rings. The van der Waals surface area contributed by atoms with Crippen LogP contribution in [0, 0.1) is 19.8 Å². The van der Waals surface area contributed by atoms with Crippen LogP contribution in [0.5, 0.6) is 5.75 Å². The van der Waals surface area contributed by atoms with Crippen LogP contribution in [0.2, 0.25) is 5.02 Å². The van der Waals surface area contributed by atoms with E-state index in [1.54, 1.807) is 7.05 Å². The van der Waals surface area contributed by atoms with Crippen LogP contribution in [-0.4, -0.2) is 35.9 Å². The first-order valence-corrected chi connectivity index (χ1v) is 9.84. The first-order chi connectivity index (χ1) is 14.1. The predicted molar refractivity (Wildman–Crippen MR) is 107 cm³/mol. The Hall–Kier alpha value is -2.32. The number of aromatic nitrogens is 1. The molecule has 0 radical (unpaired) electrons. The summed E-state index contributed by atoms with van der Waals surface area (Å²) >= 11 is 5.61. The van der Waals surface area contributed by atoms with Gasteiger partial charge >= 0.3 is 6.18 Å². The van der Waals surface area contributed by atoms with Crippen molar-refractivity contribution in [2.75, 3.05) is 20.1 Å². The zero-order valence-corrected chi connectivity index (χ0v) is 17.7. The molecule has 0 spiro atoms. The van der Waals surface area contributed by atoms with Crippen LogP contribution in [0.1, 0.15) is 27.9 Å². The Balaban J connectivity index is 1.65. The minimum atomic E-state index is -4.55. The number of ether oxygens (including phenoxy) is 1. The first kappa shape index (κ1) is 22.4. The van der Waals surface area contributed by atoms with Crippen molar-refractivity contribution < 1.29 is 22.7 Å². The van der Waals surface area contributed by atoms with Gasteiger partial charge in [0.05, 0.1) is 22.2 Å². The highest BCUT2D eigenvalue weighted by atomic mass is 35.5. The summed E-state index contributed by atoms with van der Waals surface area (Å²) in [7, 11) is 1.64. The van der Waals surface area contributed by atoms with Crippen molar-refractivity contribution in [1.82, 2.24) is 15.2 Å². The normalized spacial score (nSPS) is 15.0. The van der Waals surface area contributed by atoms with E-state index in [0.717, 1.165) is 48.6 Å². The first-order valence-electron chi connectivity index (χ1n) is 9.47. The third-order valence-corrected chi connectivity index (χ3v) is 5.38. The van der Waals surface area contributed by atoms with Gasteiger partial charge in [-0.05, 0) is 36.6 Å². The van der Waals surface area contributed by atoms with Gasteiger partial charge in [-0.1, -0.05) is 23.7 Å². The Morgan fingerprint density at radius 2 is 1.90 bits per heavy atom. The average molecular weight is 442 g/mol. The van der Waals surface area contributed by atoms with E-state index in [2.05, 4.69) is 15.2 Å². The van der Waals surface area contributed by atoms with Gasteiger partial charge in [0.1, 0.15) is 12.4 Å². The number of amides is 1. The maximum atomic E-state index is 13.0. The highest BCUT2D eigenvalue weighted by Gasteiger charge is 2.34. The zero-order valence-electron chi connectivity index (χ0n) is 16.9. The smallest absolute Gasteiger partial charge is 0.417 e. The molecule has 1 aliphatic rings. The van der Waals surface area contributed by atoms with Crippen LogP contribution in [0.25, 0.3) is 0 Å². The lowest BCUT2D eigenvalue weighted by Crippen LogP contribution is -2.52. The molecule has 0 saturated carbocycles. The number of benzene rings is 1. The zero-order chi connectivity index (χ0) is 22.1. The van der Waals surface area contributed by atoms with Crippen LogP contribution in [0.4, 0.5) is 13.2 Å². The standard InChI is InChI=1S/C21H23ClF3N3O2/c1-12-4-14(8-28-9-15(10-28)20(29)26-3)5-13(2)19(12)30-11-16-6-17(21(23,24)25)18(22)7-27-16/h4-7,15H,8-11H2,1-3H3,(H,26,29). The van der Waals surface area contributed by atoms with Crippen molar-refractivity contribution in [3.05, 3.63) is 57.4 Å². The summed E-state index contributed by atoms with van der Waals surface area (Å²) in [5.41, 5.74) is 2.09. The Morgan fingerprint density at radius 3 is 2.47 bits per heavy atom. The van der Waals surface area contributed by atoms with Gasteiger partial charge < -0.3 is 10.1 Å². The highest BCUT2D eigenvalue weighted by Crippen LogP contribution is 2.35. The summed E-state index contributed by atoms with van der Waals surface area (Å²) in [6.07, 6.45) is -3.55. The summed E-state index contributed by atoms with van der Waals surface area (Å²) in [5.74, 6) is 0.719. The molecule has 0 aliphatic carbocycles. The minimum absolute atomic E-state index is 0.0354. The van der Waals surface area contributed by atoms with E-state index < -0.39 is 16.8 Å². The molecule has 1 amide bonds. The van der Waals surface area contributed by atoms with Crippen molar-refractivity contribution in [2.24, 2.45) is 5.92 Å². The number of hydrogen-bond donors (Lipinski definition) is 1. The molecule has 0 atom stereocenters. The molecule has 0 bridgehead atoms. The van der Waals surface area contributed by atoms with Gasteiger partial charge in [-0.25, -0.2) is 0 Å². The van der Waals surface area contributed by atoms with Crippen molar-refractivity contribution >= 4 is 17.5 Å². The number of aryl methyl sites for hydroxylation is 2. The van der Waals surface area contributed by atoms with E-state index in [1.165, 1.54) is 0 Å². The molecular formula is C21H23ClF3N3O2. The third-order valence-electron chi connectivity index (χ3n) is 5.08. The molecule has 1 N–H and O–H groups in total. The van der Waals surface area contributed by atoms with Gasteiger partial charge in [-0.2, -0.15) is 13.2 Å². The SMILES string of the molecule is CNC(=O)C1CN(Cc2cc(C)c(OCc3cc(C(F)(F)F)c(Cl)cn3)c(C)c2)C1. The van der Waals surface area contributed by atoms with E-state index in [-0.39, 0.29) is 24.1 Å². The van der Waals surface area contributed by atoms with Crippen LogP contribution in [-0.2, 0) is 24.1 Å². The van der Waals surface area contributed by atoms with Crippen LogP contribution in [0.15, 0.2) is 24.4 Å². The van der Waals surface area contributed by atoms with Crippen molar-refractivity contribution in [3.63, 3.8) is 0 Å². The predicted octanol–water partition coefficient (Wildman–Crippen LogP) is 4.13. The number of nitrogens with one attached hydrogen (secondary N) is 1. The van der Waals surface area contributed by atoms with Gasteiger partial charge in [0.15, 0.2) is 0 Å². The molecule has 0 unspecified atom stereocenters. The third kappa shape index (κ3) is 5.05. The number of halogens is 4. The fourth-order valence-electron chi connectivity index (χ4n) is 3.61. The number of carbonyl (C=O) groups is 1. The number of rotatable bonds is 6. The van der Waals surface area contributed by atoms with Gasteiger partial charge in [0, 0.05) is 32.9 Å². The number of pyridine rings is 1. The van der Waals surface area contributed by atoms with Gasteiger partial charge in [0.2, 0.25) is 5.91 Å². The second kappa shape index (κ2) is 8.81. The Morgan fingerprint density at radius 1 is 1.27 bits per heavy atom. The maximum absolute atomic E-state index is 13.0. The summed E-state index contributed by atoms with van der Waals surface area (Å²) < 4.78 is 44.8. The fraction of sp³-hybridized carbons (Fsp3) is 0.429. The molecule has 9 heteroatoms. The molecule has 5 nitrogen and oxygen atoms in total. The van der Waals surface area contributed by atoms with E-state index in [9.17, 15) is 18.0 Å². The van der Waals surface area contributed by atoms with E-state index >= 15 is 0 Å². The fourth-order valence-corrected chi connectivity index (χ4v) is 3.82. The highest BCUT2D eigenvalue weighted by molar-refractivity contribution is 6.31. The number of likely N-dealkylation sites (tertiary alicyclic amines) is 1. The molecule has 1 aromatic carbocycles. The van der Waals surface area contributed by atoms with Crippen molar-refractivity contribution in [1.29, 1.82) is 0 Å². The average Bonchev–Trinajstić information content (AvgIpc) is 2.63. The largest absolute Gasteiger partial charge is 0.487 e. The lowest BCUT2D eigenvalue weighted by Gasteiger charge is -2.38. The molecular weight excluding hydrogens is 419 g/mol. The Bertz CT molecular complexity index is 921. The van der Waals surface area contributed by atoms with E-state index in [0.29, 0.717) is 5.75 Å². The number of nitrogens with zero attached hydrogens (tertiary/aromatic N) is 2. The topological polar surface area (TPSA) is 54.5 Å². The molecule has 1 aromatic heterocycles. The Kier molecular flexibility index (Phi) is 6.57. The van der Waals surface area contributed by atoms with Crippen molar-refractivity contribution in [3.8, 4) is 5.75 Å². The van der Waals surface area contributed by atoms with E-state index in [1.807, 2.05) is 26.0 Å². The summed E-state index contributed by atoms with van der Waals surface area (Å²) in [6, 6.07) is 4.89. The second-order valence-electron chi connectivity index (χ2n) is 7.51. The number of alkyl halides is 3. The minimum Gasteiger partial charge on any atom is -0.487 e. The quantitative estimate of drug-likeness (QED) is 0.732. The molecule has 1 fully saturated rings. The van der Waals surface area contributed by atoms with Gasteiger partial charge in [-0.15, -0.1) is 0 Å². The monoisotopic (exact) mass is 441 g/mol. The van der Waals surface area contributed by atoms with Crippen LogP contribution >= 0.6 is 11.6 Å². The van der Waals surface area contributed by atoms with Gasteiger partial charge in [0.25, 0.3) is 0 Å². The summed E-state index contributed by atoms with van der Waals surface area (Å²) in [4.78, 5) is 17.7. The molecule has 1 aliphatic heterocycles. The summed E-state index contributed by atoms with van der Waals surface area (Å²) in [6.45, 7) is 5.86. The molecule has 2 heterocycles. The van der Waals surface area contributed by atoms with Gasteiger partial charge in [-0.3, -0.25) is 14.7 Å². The second-order valence-corrected chi connectivity index (χ2v) is 7.91. The number of carbonyl (C=O) groups excluding carboxylic acids is 1. The van der Waals surface area contributed by atoms with Crippen molar-refractivity contribution in [2.45, 2.75) is 33.2 Å². The van der Waals surface area contributed by atoms with Crippen LogP contribution in [0.3, 0.4) is 0 Å². The number of hydrogen-bond acceptors (Lipinski definition) is 4. The molecule has 162 valence electrons. The summed E-state index contributed by atoms with van der Waals surface area (Å²) in [5, 5.41) is 2.22. The lowest BCUT2D eigenvalue weighted by atomic mass is 9.97. The Labute approximate surface area is 178 Å². The lowest BCUT2D eigenvalue weighted by molar-refractivity contribution is -0.137. The maximum Gasteiger partial charge on any atom is 0.417 e. The molecule has 1 saturated heterocycles. The van der Waals surface area contributed by atoms with E-state index in [4.69, 9.17) is 16.3 Å². The molecule has 3 rings (SSSR count). The molecule has 30 heavy (non-hydrogen) atoms.